The molecule has 0 atom stereocenters. The molecule has 0 aromatic carbocycles. The van der Waals surface area contributed by atoms with Crippen LogP contribution in [0.2, 0.25) is 5.02 Å². The quantitative estimate of drug-likeness (QED) is 0.749. The van der Waals surface area contributed by atoms with Gasteiger partial charge in [-0.2, -0.15) is 0 Å². The van der Waals surface area contributed by atoms with Crippen molar-refractivity contribution in [1.82, 2.24) is 4.98 Å². The molecule has 2 nitrogen and oxygen atoms in total. The van der Waals surface area contributed by atoms with E-state index in [4.69, 9.17) is 17.3 Å². The zero-order valence-corrected chi connectivity index (χ0v) is 6.45. The lowest BCUT2D eigenvalue weighted by Crippen LogP contribution is -2.00. The first-order valence-electron chi connectivity index (χ1n) is 2.92. The maximum absolute atomic E-state index is 12.6. The maximum Gasteiger partial charge on any atom is 0.283 e. The van der Waals surface area contributed by atoms with Crippen molar-refractivity contribution in [2.45, 2.75) is 6.43 Å². The summed E-state index contributed by atoms with van der Waals surface area (Å²) in [4.78, 5) is 3.09. The van der Waals surface area contributed by atoms with Crippen LogP contribution >= 0.6 is 11.6 Å². The summed E-state index contributed by atoms with van der Waals surface area (Å²) in [5.74, 6) is -1.45. The fraction of sp³-hybridized carbons (Fsp3) is 0.167. The van der Waals surface area contributed by atoms with Crippen molar-refractivity contribution in [1.29, 1.82) is 0 Å². The van der Waals surface area contributed by atoms with Crippen LogP contribution in [-0.4, -0.2) is 4.98 Å². The number of nitrogen functional groups attached to an aromatic ring is 1. The Morgan fingerprint density at radius 1 is 1.50 bits per heavy atom. The Labute approximate surface area is 71.2 Å². The topological polar surface area (TPSA) is 38.9 Å². The first-order chi connectivity index (χ1) is 5.52. The summed E-state index contributed by atoms with van der Waals surface area (Å²) in [6.45, 7) is 0. The number of halogens is 4. The zero-order valence-electron chi connectivity index (χ0n) is 5.69. The summed E-state index contributed by atoms with van der Waals surface area (Å²) in [7, 11) is 0. The van der Waals surface area contributed by atoms with Crippen molar-refractivity contribution < 1.29 is 13.2 Å². The highest BCUT2D eigenvalue weighted by Gasteiger charge is 2.16. The molecule has 0 aliphatic carbocycles. The van der Waals surface area contributed by atoms with Gasteiger partial charge in [-0.3, -0.25) is 0 Å². The Balaban J connectivity index is 3.23. The number of pyridine rings is 1. The van der Waals surface area contributed by atoms with E-state index in [0.29, 0.717) is 6.07 Å². The highest BCUT2D eigenvalue weighted by atomic mass is 35.5. The van der Waals surface area contributed by atoms with Gasteiger partial charge in [-0.1, -0.05) is 11.6 Å². The Morgan fingerprint density at radius 2 is 2.08 bits per heavy atom. The molecule has 1 rings (SSSR count). The summed E-state index contributed by atoms with van der Waals surface area (Å²) in [5.41, 5.74) is 4.11. The largest absolute Gasteiger partial charge is 0.382 e. The Bertz CT molecular complexity index is 303. The van der Waals surface area contributed by atoms with E-state index >= 15 is 0 Å². The number of anilines is 1. The van der Waals surface area contributed by atoms with E-state index in [1.54, 1.807) is 0 Å². The van der Waals surface area contributed by atoms with Gasteiger partial charge in [0.25, 0.3) is 6.43 Å². The number of hydrogen-bond acceptors (Lipinski definition) is 2. The highest BCUT2D eigenvalue weighted by molar-refractivity contribution is 6.32. The molecule has 0 unspecified atom stereocenters. The van der Waals surface area contributed by atoms with Gasteiger partial charge in [0.15, 0.2) is 5.82 Å². The molecule has 0 saturated heterocycles. The first kappa shape index (κ1) is 9.12. The number of nitrogens with two attached hydrogens (primary N) is 1. The van der Waals surface area contributed by atoms with Crippen LogP contribution in [-0.2, 0) is 0 Å². The lowest BCUT2D eigenvalue weighted by molar-refractivity contribution is 0.141. The van der Waals surface area contributed by atoms with Crippen molar-refractivity contribution in [3.05, 3.63) is 22.6 Å². The molecule has 1 aromatic heterocycles. The van der Waals surface area contributed by atoms with Gasteiger partial charge >= 0.3 is 0 Å². The molecule has 12 heavy (non-hydrogen) atoms. The maximum atomic E-state index is 12.6. The van der Waals surface area contributed by atoms with E-state index in [2.05, 4.69) is 4.98 Å². The zero-order chi connectivity index (χ0) is 9.30. The summed E-state index contributed by atoms with van der Waals surface area (Å²) in [6, 6.07) is 0.714. The van der Waals surface area contributed by atoms with Crippen LogP contribution in [0.15, 0.2) is 6.07 Å². The molecule has 0 fully saturated rings. The van der Waals surface area contributed by atoms with Crippen LogP contribution in [0, 0.1) is 5.82 Å². The van der Waals surface area contributed by atoms with Crippen molar-refractivity contribution in [2.75, 3.05) is 5.73 Å². The molecule has 1 aromatic rings. The number of alkyl halides is 2. The summed E-state index contributed by atoms with van der Waals surface area (Å²) in [5, 5.41) is -0.170. The van der Waals surface area contributed by atoms with Crippen molar-refractivity contribution in [3.8, 4) is 0 Å². The molecule has 0 spiro atoms. The Morgan fingerprint density at radius 3 is 2.58 bits per heavy atom. The van der Waals surface area contributed by atoms with Crippen LogP contribution in [0.4, 0.5) is 19.0 Å². The van der Waals surface area contributed by atoms with Crippen LogP contribution in [0.5, 0.6) is 0 Å². The minimum Gasteiger partial charge on any atom is -0.382 e. The van der Waals surface area contributed by atoms with Crippen molar-refractivity contribution >= 4 is 17.4 Å². The molecule has 0 bridgehead atoms. The number of hydrogen-bond donors (Lipinski definition) is 1. The number of nitrogens with zero attached hydrogens (tertiary/aromatic N) is 1. The standard InChI is InChI=1S/C6H4ClF3N2/c7-2-1-3(8)4(5(9)10)12-6(2)11/h1,5H,(H2,11,12). The van der Waals surface area contributed by atoms with Gasteiger partial charge in [0.2, 0.25) is 0 Å². The van der Waals surface area contributed by atoms with Crippen LogP contribution in [0.1, 0.15) is 12.1 Å². The smallest absolute Gasteiger partial charge is 0.283 e. The van der Waals surface area contributed by atoms with Gasteiger partial charge in [-0.05, 0) is 6.07 Å². The molecule has 0 radical (unpaired) electrons. The molecule has 0 aliphatic rings. The predicted molar refractivity (Wildman–Crippen MR) is 38.6 cm³/mol. The Hall–Kier alpha value is -0.970. The first-order valence-corrected chi connectivity index (χ1v) is 3.29. The van der Waals surface area contributed by atoms with Crippen LogP contribution < -0.4 is 5.73 Å². The third-order valence-corrected chi connectivity index (χ3v) is 1.49. The van der Waals surface area contributed by atoms with Gasteiger partial charge in [-0.25, -0.2) is 18.2 Å². The fourth-order valence-corrected chi connectivity index (χ4v) is 0.787. The van der Waals surface area contributed by atoms with Crippen molar-refractivity contribution in [3.63, 3.8) is 0 Å². The fourth-order valence-electron chi connectivity index (χ4n) is 0.649. The molecule has 6 heteroatoms. The summed E-state index contributed by atoms with van der Waals surface area (Å²) >= 11 is 5.32. The van der Waals surface area contributed by atoms with E-state index in [0.717, 1.165) is 0 Å². The van der Waals surface area contributed by atoms with E-state index in [1.165, 1.54) is 0 Å². The normalized spacial score (nSPS) is 10.8. The molecular formula is C6H4ClF3N2. The van der Waals surface area contributed by atoms with E-state index in [-0.39, 0.29) is 10.8 Å². The third-order valence-electron chi connectivity index (χ3n) is 1.19. The van der Waals surface area contributed by atoms with Gasteiger partial charge in [0.1, 0.15) is 11.5 Å². The molecule has 2 N–H and O–H groups in total. The van der Waals surface area contributed by atoms with E-state index < -0.39 is 17.9 Å². The Kier molecular flexibility index (Phi) is 2.42. The van der Waals surface area contributed by atoms with E-state index in [9.17, 15) is 13.2 Å². The minimum atomic E-state index is -2.98. The molecule has 0 saturated carbocycles. The molecule has 66 valence electrons. The van der Waals surface area contributed by atoms with Crippen LogP contribution in [0.3, 0.4) is 0 Å². The molecule has 0 aliphatic heterocycles. The average Bonchev–Trinajstić information content (AvgIpc) is 1.96. The SMILES string of the molecule is Nc1nc(C(F)F)c(F)cc1Cl. The third kappa shape index (κ3) is 1.61. The lowest BCUT2D eigenvalue weighted by Gasteiger charge is -2.02. The van der Waals surface area contributed by atoms with Gasteiger partial charge in [0.05, 0.1) is 5.02 Å². The predicted octanol–water partition coefficient (Wildman–Crippen LogP) is 2.39. The molecular weight excluding hydrogens is 193 g/mol. The number of aromatic nitrogens is 1. The van der Waals surface area contributed by atoms with E-state index in [1.807, 2.05) is 0 Å². The molecule has 0 amide bonds. The monoisotopic (exact) mass is 196 g/mol. The second-order valence-corrected chi connectivity index (χ2v) is 2.43. The lowest BCUT2D eigenvalue weighted by atomic mass is 10.3. The van der Waals surface area contributed by atoms with Crippen molar-refractivity contribution in [2.24, 2.45) is 0 Å². The van der Waals surface area contributed by atoms with Crippen LogP contribution in [0.25, 0.3) is 0 Å². The minimum absolute atomic E-state index is 0.170. The van der Waals surface area contributed by atoms with Gasteiger partial charge < -0.3 is 5.73 Å². The summed E-state index contributed by atoms with van der Waals surface area (Å²) < 4.78 is 36.5. The molecule has 1 heterocycles. The average molecular weight is 197 g/mol. The number of rotatable bonds is 1. The summed E-state index contributed by atoms with van der Waals surface area (Å²) in [6.07, 6.45) is -2.98. The second kappa shape index (κ2) is 3.18. The van der Waals surface area contributed by atoms with Gasteiger partial charge in [0, 0.05) is 0 Å². The highest BCUT2D eigenvalue weighted by Crippen LogP contribution is 2.25. The second-order valence-electron chi connectivity index (χ2n) is 2.02. The van der Waals surface area contributed by atoms with Gasteiger partial charge in [-0.15, -0.1) is 0 Å².